The van der Waals surface area contributed by atoms with Gasteiger partial charge in [0.2, 0.25) is 0 Å². The van der Waals surface area contributed by atoms with Gasteiger partial charge in [-0.25, -0.2) is 0 Å². The summed E-state index contributed by atoms with van der Waals surface area (Å²) in [7, 11) is 1.60. The van der Waals surface area contributed by atoms with Crippen LogP contribution in [0.3, 0.4) is 0 Å². The van der Waals surface area contributed by atoms with Crippen molar-refractivity contribution in [2.45, 2.75) is 26.0 Å². The van der Waals surface area contributed by atoms with Crippen molar-refractivity contribution in [3.8, 4) is 0 Å². The zero-order valence-corrected chi connectivity index (χ0v) is 12.6. The number of benzene rings is 1. The molecule has 0 spiro atoms. The highest BCUT2D eigenvalue weighted by atomic mass is 16.5. The van der Waals surface area contributed by atoms with Crippen molar-refractivity contribution >= 4 is 5.91 Å². The molecule has 1 heterocycles. The van der Waals surface area contributed by atoms with Crippen molar-refractivity contribution < 1.29 is 9.53 Å². The number of nitrogens with zero attached hydrogens (tertiary/aromatic N) is 2. The summed E-state index contributed by atoms with van der Waals surface area (Å²) >= 11 is 0. The molecule has 0 aromatic heterocycles. The van der Waals surface area contributed by atoms with Crippen LogP contribution in [-0.4, -0.2) is 55.0 Å². The summed E-state index contributed by atoms with van der Waals surface area (Å²) < 4.78 is 5.42. The minimum Gasteiger partial charge on any atom is -0.367 e. The van der Waals surface area contributed by atoms with Crippen molar-refractivity contribution in [1.82, 2.24) is 9.80 Å². The number of hydrogen-bond donors (Lipinski definition) is 0. The standard InChI is InChI=1S/C16H24N2O2/c1-13(2)17-9-11-18(12-10-17)16(19)15(20-3)14-7-5-4-6-8-14/h4-8,13,15H,9-12H2,1-3H3. The molecule has 0 saturated carbocycles. The second-order valence-electron chi connectivity index (χ2n) is 5.48. The van der Waals surface area contributed by atoms with Crippen molar-refractivity contribution in [2.24, 2.45) is 0 Å². The van der Waals surface area contributed by atoms with Gasteiger partial charge >= 0.3 is 0 Å². The van der Waals surface area contributed by atoms with E-state index in [-0.39, 0.29) is 5.91 Å². The van der Waals surface area contributed by atoms with Crippen LogP contribution >= 0.6 is 0 Å². The molecule has 1 aliphatic rings. The van der Waals surface area contributed by atoms with E-state index >= 15 is 0 Å². The molecule has 1 fully saturated rings. The van der Waals surface area contributed by atoms with Crippen LogP contribution in [0.5, 0.6) is 0 Å². The molecule has 20 heavy (non-hydrogen) atoms. The number of carbonyl (C=O) groups is 1. The molecule has 0 radical (unpaired) electrons. The molecule has 1 aliphatic heterocycles. The first-order chi connectivity index (χ1) is 9.63. The van der Waals surface area contributed by atoms with Gasteiger partial charge < -0.3 is 9.64 Å². The lowest BCUT2D eigenvalue weighted by Gasteiger charge is -2.38. The molecule has 0 N–H and O–H groups in total. The molecule has 1 atom stereocenters. The summed E-state index contributed by atoms with van der Waals surface area (Å²) in [5, 5.41) is 0. The Morgan fingerprint density at radius 3 is 2.20 bits per heavy atom. The van der Waals surface area contributed by atoms with Crippen LogP contribution in [0.1, 0.15) is 25.5 Å². The van der Waals surface area contributed by atoms with E-state index < -0.39 is 6.10 Å². The summed E-state index contributed by atoms with van der Waals surface area (Å²) in [6, 6.07) is 10.2. The summed E-state index contributed by atoms with van der Waals surface area (Å²) in [5.41, 5.74) is 0.922. The van der Waals surface area contributed by atoms with Gasteiger partial charge in [0.25, 0.3) is 5.91 Å². The Hall–Kier alpha value is -1.39. The highest BCUT2D eigenvalue weighted by Crippen LogP contribution is 2.20. The van der Waals surface area contributed by atoms with Crippen LogP contribution in [0.4, 0.5) is 0 Å². The molecule has 4 heteroatoms. The molecule has 4 nitrogen and oxygen atoms in total. The van der Waals surface area contributed by atoms with Crippen LogP contribution in [0.2, 0.25) is 0 Å². The Labute approximate surface area is 121 Å². The molecule has 2 rings (SSSR count). The van der Waals surface area contributed by atoms with Gasteiger partial charge in [0, 0.05) is 39.3 Å². The fourth-order valence-corrected chi connectivity index (χ4v) is 2.63. The predicted molar refractivity (Wildman–Crippen MR) is 79.5 cm³/mol. The second kappa shape index (κ2) is 6.86. The van der Waals surface area contributed by atoms with E-state index in [1.807, 2.05) is 35.2 Å². The van der Waals surface area contributed by atoms with Crippen LogP contribution in [-0.2, 0) is 9.53 Å². The quantitative estimate of drug-likeness (QED) is 0.842. The summed E-state index contributed by atoms with van der Waals surface area (Å²) in [5.74, 6) is 0.0714. The average Bonchev–Trinajstić information content (AvgIpc) is 2.49. The maximum Gasteiger partial charge on any atom is 0.256 e. The summed E-state index contributed by atoms with van der Waals surface area (Å²) in [6.07, 6.45) is -0.484. The monoisotopic (exact) mass is 276 g/mol. The Kier molecular flexibility index (Phi) is 5.15. The van der Waals surface area contributed by atoms with Gasteiger partial charge in [0.1, 0.15) is 0 Å². The van der Waals surface area contributed by atoms with Gasteiger partial charge in [0.05, 0.1) is 0 Å². The van der Waals surface area contributed by atoms with Crippen LogP contribution < -0.4 is 0 Å². The Balaban J connectivity index is 2.00. The lowest BCUT2D eigenvalue weighted by Crippen LogP contribution is -2.51. The van der Waals surface area contributed by atoms with Crippen LogP contribution in [0.25, 0.3) is 0 Å². The number of amides is 1. The Bertz CT molecular complexity index is 425. The van der Waals surface area contributed by atoms with E-state index in [1.165, 1.54) is 0 Å². The molecule has 110 valence electrons. The van der Waals surface area contributed by atoms with Gasteiger partial charge in [0.15, 0.2) is 6.10 Å². The number of piperazine rings is 1. The normalized spacial score (nSPS) is 18.3. The molecule has 1 amide bonds. The van der Waals surface area contributed by atoms with Gasteiger partial charge in [-0.05, 0) is 19.4 Å². The van der Waals surface area contributed by atoms with E-state index in [4.69, 9.17) is 4.74 Å². The highest BCUT2D eigenvalue weighted by Gasteiger charge is 2.28. The molecule has 1 aromatic rings. The van der Waals surface area contributed by atoms with E-state index in [9.17, 15) is 4.79 Å². The molecule has 0 aliphatic carbocycles. The minimum atomic E-state index is -0.484. The lowest BCUT2D eigenvalue weighted by molar-refractivity contribution is -0.144. The molecule has 1 unspecified atom stereocenters. The first-order valence-electron chi connectivity index (χ1n) is 7.24. The van der Waals surface area contributed by atoms with Crippen molar-refractivity contribution in [3.05, 3.63) is 35.9 Å². The summed E-state index contributed by atoms with van der Waals surface area (Å²) in [4.78, 5) is 16.9. The molecular formula is C16H24N2O2. The number of methoxy groups -OCH3 is 1. The van der Waals surface area contributed by atoms with E-state index in [2.05, 4.69) is 18.7 Å². The van der Waals surface area contributed by atoms with E-state index in [0.29, 0.717) is 6.04 Å². The number of rotatable bonds is 4. The first-order valence-corrected chi connectivity index (χ1v) is 7.24. The van der Waals surface area contributed by atoms with E-state index in [0.717, 1.165) is 31.7 Å². The average molecular weight is 276 g/mol. The van der Waals surface area contributed by atoms with Gasteiger partial charge in [-0.2, -0.15) is 0 Å². The number of carbonyl (C=O) groups excluding carboxylic acids is 1. The highest BCUT2D eigenvalue weighted by molar-refractivity contribution is 5.82. The predicted octanol–water partition coefficient (Wildman–Crippen LogP) is 1.93. The smallest absolute Gasteiger partial charge is 0.256 e. The third-order valence-electron chi connectivity index (χ3n) is 3.92. The third-order valence-corrected chi connectivity index (χ3v) is 3.92. The number of ether oxygens (including phenoxy) is 1. The van der Waals surface area contributed by atoms with Gasteiger partial charge in [-0.1, -0.05) is 30.3 Å². The fraction of sp³-hybridized carbons (Fsp3) is 0.562. The zero-order valence-electron chi connectivity index (χ0n) is 12.6. The van der Waals surface area contributed by atoms with E-state index in [1.54, 1.807) is 7.11 Å². The van der Waals surface area contributed by atoms with Crippen molar-refractivity contribution in [2.75, 3.05) is 33.3 Å². The first kappa shape index (κ1) is 15.0. The number of hydrogen-bond acceptors (Lipinski definition) is 3. The Morgan fingerprint density at radius 2 is 1.70 bits per heavy atom. The fourth-order valence-electron chi connectivity index (χ4n) is 2.63. The van der Waals surface area contributed by atoms with Crippen LogP contribution in [0, 0.1) is 0 Å². The van der Waals surface area contributed by atoms with Crippen molar-refractivity contribution in [3.63, 3.8) is 0 Å². The Morgan fingerprint density at radius 1 is 1.10 bits per heavy atom. The van der Waals surface area contributed by atoms with Gasteiger partial charge in [-0.15, -0.1) is 0 Å². The zero-order chi connectivity index (χ0) is 14.5. The van der Waals surface area contributed by atoms with Crippen LogP contribution in [0.15, 0.2) is 30.3 Å². The maximum absolute atomic E-state index is 12.6. The third kappa shape index (κ3) is 3.38. The summed E-state index contributed by atoms with van der Waals surface area (Å²) in [6.45, 7) is 7.83. The minimum absolute atomic E-state index is 0.0714. The van der Waals surface area contributed by atoms with Gasteiger partial charge in [-0.3, -0.25) is 9.69 Å². The molecule has 0 bridgehead atoms. The second-order valence-corrected chi connectivity index (χ2v) is 5.48. The SMILES string of the molecule is COC(C(=O)N1CCN(C(C)C)CC1)c1ccccc1. The maximum atomic E-state index is 12.6. The molecule has 1 aromatic carbocycles. The van der Waals surface area contributed by atoms with Crippen molar-refractivity contribution in [1.29, 1.82) is 0 Å². The topological polar surface area (TPSA) is 32.8 Å². The lowest BCUT2D eigenvalue weighted by atomic mass is 10.1. The largest absolute Gasteiger partial charge is 0.367 e. The molecular weight excluding hydrogens is 252 g/mol. The molecule has 1 saturated heterocycles.